The highest BCUT2D eigenvalue weighted by Crippen LogP contribution is 2.30. The molecule has 1 atom stereocenters. The molecular weight excluding hydrogens is 521 g/mol. The predicted molar refractivity (Wildman–Crippen MR) is 133 cm³/mol. The molecule has 206 valence electrons. The summed E-state index contributed by atoms with van der Waals surface area (Å²) in [6.45, 7) is 5.00. The van der Waals surface area contributed by atoms with Crippen molar-refractivity contribution in [2.75, 3.05) is 24.6 Å². The number of carbonyl (C=O) groups is 2. The number of β-amino-alcohol motifs (C(OH)–C–C–N with tert-alkyl or cyclic N) is 1. The molecule has 5 rings (SSSR count). The molecule has 3 aromatic heterocycles. The third kappa shape index (κ3) is 5.82. The topological polar surface area (TPSA) is 153 Å². The molecule has 2 amide bonds. The number of rotatable bonds is 6. The highest BCUT2D eigenvalue weighted by atomic mass is 19.4. The van der Waals surface area contributed by atoms with Crippen LogP contribution in [-0.2, 0) is 4.79 Å². The molecule has 39 heavy (non-hydrogen) atoms. The number of urea groups is 1. The van der Waals surface area contributed by atoms with Gasteiger partial charge in [-0.25, -0.2) is 24.1 Å². The molecular formula is C24H25F3N8O4. The first kappa shape index (κ1) is 27.5. The molecule has 0 aliphatic carbocycles. The van der Waals surface area contributed by atoms with E-state index < -0.39 is 12.1 Å². The van der Waals surface area contributed by atoms with Gasteiger partial charge in [0.25, 0.3) is 0 Å². The summed E-state index contributed by atoms with van der Waals surface area (Å²) < 4.78 is 33.4. The third-order valence-corrected chi connectivity index (χ3v) is 6.07. The lowest BCUT2D eigenvalue weighted by atomic mass is 10.0. The normalized spacial score (nSPS) is 15.7. The Morgan fingerprint density at radius 1 is 1.18 bits per heavy atom. The van der Waals surface area contributed by atoms with Crippen molar-refractivity contribution in [3.05, 3.63) is 49.1 Å². The molecule has 1 aliphatic heterocycles. The average Bonchev–Trinajstić information content (AvgIpc) is 3.64. The van der Waals surface area contributed by atoms with Gasteiger partial charge in [-0.3, -0.25) is 10.00 Å². The molecule has 12 nitrogen and oxygen atoms in total. The maximum absolute atomic E-state index is 13.1. The van der Waals surface area contributed by atoms with E-state index in [2.05, 4.69) is 34.1 Å². The van der Waals surface area contributed by atoms with Gasteiger partial charge in [0, 0.05) is 30.4 Å². The smallest absolute Gasteiger partial charge is 0.475 e. The Morgan fingerprint density at radius 3 is 2.41 bits per heavy atom. The molecule has 0 spiro atoms. The number of halogens is 3. The van der Waals surface area contributed by atoms with E-state index in [0.717, 1.165) is 16.7 Å². The molecule has 1 aromatic carbocycles. The molecule has 1 aliphatic rings. The lowest BCUT2D eigenvalue weighted by Crippen LogP contribution is -2.38. The summed E-state index contributed by atoms with van der Waals surface area (Å²) in [5.74, 6) is -1.29. The van der Waals surface area contributed by atoms with Crippen LogP contribution in [0.4, 0.5) is 23.8 Å². The largest absolute Gasteiger partial charge is 0.490 e. The number of H-pyrrole nitrogens is 1. The summed E-state index contributed by atoms with van der Waals surface area (Å²) >= 11 is 0. The summed E-state index contributed by atoms with van der Waals surface area (Å²) in [6, 6.07) is 9.54. The van der Waals surface area contributed by atoms with Gasteiger partial charge in [-0.1, -0.05) is 38.1 Å². The van der Waals surface area contributed by atoms with E-state index >= 15 is 0 Å². The SMILES string of the molecule is CC(C)[C@H]1CN(CCO)C(=O)N1c1ccn2ncc(-c3ccc(-c4nc[nH]n4)cc3)c2n1.O=C(O)C(F)(F)F. The second kappa shape index (κ2) is 11.1. The zero-order valence-corrected chi connectivity index (χ0v) is 20.9. The molecule has 15 heteroatoms. The molecule has 1 fully saturated rings. The van der Waals surface area contributed by atoms with E-state index in [1.165, 1.54) is 0 Å². The van der Waals surface area contributed by atoms with Crippen LogP contribution in [0.2, 0.25) is 0 Å². The van der Waals surface area contributed by atoms with Crippen LogP contribution in [0.5, 0.6) is 0 Å². The van der Waals surface area contributed by atoms with Crippen LogP contribution in [0, 0.1) is 5.92 Å². The number of fused-ring (bicyclic) bond motifs is 1. The van der Waals surface area contributed by atoms with Gasteiger partial charge in [0.2, 0.25) is 0 Å². The zero-order valence-electron chi connectivity index (χ0n) is 20.9. The number of carboxylic acids is 1. The van der Waals surface area contributed by atoms with Crippen LogP contribution in [-0.4, -0.2) is 88.8 Å². The Hall–Kier alpha value is -4.53. The molecule has 4 heterocycles. The van der Waals surface area contributed by atoms with Gasteiger partial charge in [-0.2, -0.15) is 23.4 Å². The average molecular weight is 547 g/mol. The first-order valence-electron chi connectivity index (χ1n) is 11.8. The fourth-order valence-corrected chi connectivity index (χ4v) is 4.11. The second-order valence-corrected chi connectivity index (χ2v) is 8.95. The molecule has 0 radical (unpaired) electrons. The molecule has 0 bridgehead atoms. The number of aromatic nitrogens is 6. The van der Waals surface area contributed by atoms with Crippen LogP contribution in [0.1, 0.15) is 13.8 Å². The number of hydrogen-bond acceptors (Lipinski definition) is 7. The Kier molecular flexibility index (Phi) is 7.80. The number of aliphatic carboxylic acids is 1. The highest BCUT2D eigenvalue weighted by molar-refractivity contribution is 5.94. The Bertz CT molecular complexity index is 1440. The van der Waals surface area contributed by atoms with Gasteiger partial charge in [0.05, 0.1) is 18.8 Å². The van der Waals surface area contributed by atoms with Crippen molar-refractivity contribution >= 4 is 23.5 Å². The number of nitrogens with zero attached hydrogens (tertiary/aromatic N) is 7. The standard InChI is InChI=1S/C22H24N8O2.C2HF3O2/c1-14(2)18-12-28(9-10-31)22(32)30(18)19-7-8-29-21(26-19)17(11-25-29)15-3-5-16(6-4-15)20-23-13-24-27-20;3-2(4,5)1(6)7/h3-8,11,13-14,18,31H,9-10,12H2,1-2H3,(H,23,24,27);(H,6,7)/t18-;/m1./s1. The van der Waals surface area contributed by atoms with Crippen molar-refractivity contribution in [2.45, 2.75) is 26.1 Å². The van der Waals surface area contributed by atoms with Crippen LogP contribution in [0.25, 0.3) is 28.2 Å². The van der Waals surface area contributed by atoms with Crippen LogP contribution < -0.4 is 4.90 Å². The first-order chi connectivity index (χ1) is 18.5. The molecule has 0 saturated carbocycles. The van der Waals surface area contributed by atoms with Gasteiger partial charge in [0.15, 0.2) is 11.5 Å². The number of benzene rings is 1. The van der Waals surface area contributed by atoms with Crippen LogP contribution in [0.3, 0.4) is 0 Å². The number of carbonyl (C=O) groups excluding carboxylic acids is 1. The maximum Gasteiger partial charge on any atom is 0.490 e. The van der Waals surface area contributed by atoms with Gasteiger partial charge in [-0.05, 0) is 17.5 Å². The third-order valence-electron chi connectivity index (χ3n) is 6.07. The second-order valence-electron chi connectivity index (χ2n) is 8.95. The number of aromatic amines is 1. The van der Waals surface area contributed by atoms with Crippen LogP contribution in [0.15, 0.2) is 49.1 Å². The van der Waals surface area contributed by atoms with E-state index in [-0.39, 0.29) is 24.6 Å². The highest BCUT2D eigenvalue weighted by Gasteiger charge is 2.40. The van der Waals surface area contributed by atoms with E-state index in [9.17, 15) is 23.1 Å². The van der Waals surface area contributed by atoms with Gasteiger partial charge in [0.1, 0.15) is 12.1 Å². The van der Waals surface area contributed by atoms with E-state index in [1.807, 2.05) is 36.5 Å². The lowest BCUT2D eigenvalue weighted by Gasteiger charge is -2.25. The summed E-state index contributed by atoms with van der Waals surface area (Å²) in [4.78, 5) is 34.4. The molecule has 4 aromatic rings. The van der Waals surface area contributed by atoms with E-state index in [0.29, 0.717) is 30.4 Å². The fraction of sp³-hybridized carbons (Fsp3) is 0.333. The lowest BCUT2D eigenvalue weighted by molar-refractivity contribution is -0.192. The summed E-state index contributed by atoms with van der Waals surface area (Å²) in [6.07, 6.45) is 0.0615. The number of hydrogen-bond donors (Lipinski definition) is 3. The van der Waals surface area contributed by atoms with Gasteiger partial charge >= 0.3 is 18.2 Å². The minimum Gasteiger partial charge on any atom is -0.475 e. The fourth-order valence-electron chi connectivity index (χ4n) is 4.11. The van der Waals surface area contributed by atoms with Crippen molar-refractivity contribution in [3.63, 3.8) is 0 Å². The molecule has 1 saturated heterocycles. The maximum atomic E-state index is 13.1. The minimum atomic E-state index is -5.08. The van der Waals surface area contributed by atoms with Crippen molar-refractivity contribution in [2.24, 2.45) is 5.92 Å². The number of aliphatic hydroxyl groups is 1. The Labute approximate surface area is 219 Å². The number of aliphatic hydroxyl groups excluding tert-OH is 1. The monoisotopic (exact) mass is 546 g/mol. The van der Waals surface area contributed by atoms with Crippen molar-refractivity contribution in [1.82, 2.24) is 34.7 Å². The van der Waals surface area contributed by atoms with Gasteiger partial charge in [-0.15, -0.1) is 0 Å². The number of anilines is 1. The Balaban J connectivity index is 0.000000448. The van der Waals surface area contributed by atoms with Crippen molar-refractivity contribution in [1.29, 1.82) is 0 Å². The predicted octanol–water partition coefficient (Wildman–Crippen LogP) is 3.07. The zero-order chi connectivity index (χ0) is 28.3. The number of amides is 2. The quantitative estimate of drug-likeness (QED) is 0.334. The van der Waals surface area contributed by atoms with E-state index in [1.54, 1.807) is 26.8 Å². The number of alkyl halides is 3. The molecule has 0 unspecified atom stereocenters. The Morgan fingerprint density at radius 2 is 1.85 bits per heavy atom. The van der Waals surface area contributed by atoms with Crippen LogP contribution >= 0.6 is 0 Å². The minimum absolute atomic E-state index is 0.0176. The van der Waals surface area contributed by atoms with Crippen molar-refractivity contribution < 1.29 is 33.0 Å². The summed E-state index contributed by atoms with van der Waals surface area (Å²) in [7, 11) is 0. The van der Waals surface area contributed by atoms with Gasteiger partial charge < -0.3 is 15.1 Å². The number of nitrogens with one attached hydrogen (secondary N) is 1. The summed E-state index contributed by atoms with van der Waals surface area (Å²) in [5, 5.41) is 27.7. The molecule has 3 N–H and O–H groups in total. The number of carboxylic acid groups (broad SMARTS) is 1. The summed E-state index contributed by atoms with van der Waals surface area (Å²) in [5.41, 5.74) is 3.41. The first-order valence-corrected chi connectivity index (χ1v) is 11.8. The van der Waals surface area contributed by atoms with Crippen molar-refractivity contribution in [3.8, 4) is 22.5 Å². The van der Waals surface area contributed by atoms with E-state index in [4.69, 9.17) is 14.9 Å².